The average molecular weight is 592 g/mol. The molecule has 2 aromatic rings. The van der Waals surface area contributed by atoms with E-state index >= 15 is 0 Å². The Balaban J connectivity index is 0.000000611. The van der Waals surface area contributed by atoms with Crippen LogP contribution in [0.4, 0.5) is 5.69 Å². The zero-order valence-corrected chi connectivity index (χ0v) is 24.7. The molecule has 0 radical (unpaired) electrons. The fourth-order valence-electron chi connectivity index (χ4n) is 4.09. The fourth-order valence-corrected chi connectivity index (χ4v) is 4.89. The van der Waals surface area contributed by atoms with Crippen molar-refractivity contribution in [2.24, 2.45) is 4.99 Å². The Bertz CT molecular complexity index is 1110. The predicted octanol–water partition coefficient (Wildman–Crippen LogP) is 5.67. The van der Waals surface area contributed by atoms with Crippen LogP contribution >= 0.6 is 23.4 Å². The van der Waals surface area contributed by atoms with Crippen LogP contribution in [0.1, 0.15) is 25.7 Å². The molecule has 1 fully saturated rings. The number of hydrogen-bond acceptors (Lipinski definition) is 7. The molecular weight excluding hydrogens is 554 g/mol. The van der Waals surface area contributed by atoms with Gasteiger partial charge in [0.2, 0.25) is 0 Å². The summed E-state index contributed by atoms with van der Waals surface area (Å²) in [6.07, 6.45) is 7.71. The first-order valence-corrected chi connectivity index (χ1v) is 14.6. The average Bonchev–Trinajstić information content (AvgIpc) is 2.96. The number of unbranched alkanes of at least 4 members (excludes halogenated alkanes) is 1. The monoisotopic (exact) mass is 591 g/mol. The van der Waals surface area contributed by atoms with Crippen LogP contribution in [0.2, 0.25) is 5.02 Å². The fraction of sp³-hybridized carbons (Fsp3) is 0.414. The number of para-hydroxylation sites is 1. The van der Waals surface area contributed by atoms with Gasteiger partial charge in [0.25, 0.3) is 0 Å². The minimum Gasteiger partial charge on any atom is -0.493 e. The number of rotatable bonds is 11. The number of carboxylic acids is 2. The third-order valence-corrected chi connectivity index (χ3v) is 7.17. The zero-order chi connectivity index (χ0) is 29.3. The lowest BCUT2D eigenvalue weighted by Gasteiger charge is -2.37. The molecule has 0 unspecified atom stereocenters. The number of thioether (sulfide) groups is 1. The molecular formula is C29H38ClN3O6S. The second kappa shape index (κ2) is 18.2. The third kappa shape index (κ3) is 12.3. The van der Waals surface area contributed by atoms with Gasteiger partial charge >= 0.3 is 11.9 Å². The summed E-state index contributed by atoms with van der Waals surface area (Å²) >= 11 is 7.73. The summed E-state index contributed by atoms with van der Waals surface area (Å²) in [7, 11) is 3.82. The number of ether oxygens (including phenoxy) is 2. The van der Waals surface area contributed by atoms with Crippen LogP contribution in [0.3, 0.4) is 0 Å². The number of amidine groups is 1. The van der Waals surface area contributed by atoms with Gasteiger partial charge in [0, 0.05) is 49.4 Å². The summed E-state index contributed by atoms with van der Waals surface area (Å²) < 4.78 is 11.2. The minimum atomic E-state index is -1.26. The molecule has 0 atom stereocenters. The molecule has 0 spiro atoms. The number of aliphatic imine (C=N–C) groups is 1. The van der Waals surface area contributed by atoms with Gasteiger partial charge in [-0.25, -0.2) is 14.6 Å². The van der Waals surface area contributed by atoms with Crippen molar-refractivity contribution >= 4 is 46.2 Å². The standard InChI is InChI=1S/C25H34ClN3O2S.C4H4O4/c1-28(25(32-3)27-21-9-5-4-6-10-21)22-13-16-29(17-14-22)15-7-8-18-31-23-12-11-20(26)19-24(23)30-2;5-3(6)1-2-4(7)8/h4-6,9-12,19,22H,7-8,13-18H2,1-3H3;1-2H,(H,5,6)(H,7,8). The van der Waals surface area contributed by atoms with Crippen LogP contribution in [0, 0.1) is 0 Å². The van der Waals surface area contributed by atoms with Gasteiger partial charge in [0.15, 0.2) is 16.7 Å². The van der Waals surface area contributed by atoms with Crippen molar-refractivity contribution in [2.75, 3.05) is 46.7 Å². The lowest BCUT2D eigenvalue weighted by molar-refractivity contribution is -0.134. The number of likely N-dealkylation sites (tertiary alicyclic amines) is 1. The maximum Gasteiger partial charge on any atom is 0.328 e. The Kier molecular flexibility index (Phi) is 15.0. The number of carboxylic acid groups (broad SMARTS) is 2. The first-order chi connectivity index (χ1) is 19.2. The first kappa shape index (κ1) is 33.0. The highest BCUT2D eigenvalue weighted by molar-refractivity contribution is 8.13. The van der Waals surface area contributed by atoms with Crippen molar-refractivity contribution in [1.29, 1.82) is 0 Å². The molecule has 11 heteroatoms. The van der Waals surface area contributed by atoms with Crippen molar-refractivity contribution in [3.63, 3.8) is 0 Å². The molecule has 1 heterocycles. The Morgan fingerprint density at radius 1 is 1.07 bits per heavy atom. The van der Waals surface area contributed by atoms with E-state index in [0.29, 0.717) is 35.6 Å². The van der Waals surface area contributed by atoms with Crippen LogP contribution < -0.4 is 9.47 Å². The van der Waals surface area contributed by atoms with Crippen molar-refractivity contribution in [3.8, 4) is 11.5 Å². The van der Waals surface area contributed by atoms with Crippen molar-refractivity contribution < 1.29 is 29.3 Å². The van der Waals surface area contributed by atoms with Crippen LogP contribution in [0.25, 0.3) is 0 Å². The molecule has 0 bridgehead atoms. The second-order valence-corrected chi connectivity index (χ2v) is 10.2. The molecule has 9 nitrogen and oxygen atoms in total. The number of carbonyl (C=O) groups is 2. The van der Waals surface area contributed by atoms with E-state index in [1.54, 1.807) is 24.9 Å². The summed E-state index contributed by atoms with van der Waals surface area (Å²) in [6.45, 7) is 4.07. The summed E-state index contributed by atoms with van der Waals surface area (Å²) in [5.74, 6) is -1.08. The lowest BCUT2D eigenvalue weighted by atomic mass is 10.0. The minimum absolute atomic E-state index is 0.543. The SMILES string of the molecule is COc1cc(Cl)ccc1OCCCCN1CCC(N(C)C(=Nc2ccccc2)SC)CC1.O=C(O)C=CC(=O)O. The maximum atomic E-state index is 9.55. The number of hydrogen-bond donors (Lipinski definition) is 2. The number of piperidine rings is 1. The zero-order valence-electron chi connectivity index (χ0n) is 23.2. The number of halogens is 1. The van der Waals surface area contributed by atoms with E-state index in [4.69, 9.17) is 36.3 Å². The van der Waals surface area contributed by atoms with Crippen molar-refractivity contribution in [2.45, 2.75) is 31.7 Å². The highest BCUT2D eigenvalue weighted by Crippen LogP contribution is 2.30. The Hall–Kier alpha value is -3.21. The molecule has 0 aromatic heterocycles. The highest BCUT2D eigenvalue weighted by Gasteiger charge is 2.24. The van der Waals surface area contributed by atoms with E-state index in [2.05, 4.69) is 35.2 Å². The van der Waals surface area contributed by atoms with Gasteiger partial charge in [-0.15, -0.1) is 0 Å². The van der Waals surface area contributed by atoms with Crippen LogP contribution in [0.5, 0.6) is 11.5 Å². The van der Waals surface area contributed by atoms with Gasteiger partial charge in [0.05, 0.1) is 19.4 Å². The van der Waals surface area contributed by atoms with E-state index in [1.165, 1.54) is 12.8 Å². The largest absolute Gasteiger partial charge is 0.493 e. The normalized spacial score (nSPS) is 14.3. The van der Waals surface area contributed by atoms with E-state index in [1.807, 2.05) is 30.3 Å². The van der Waals surface area contributed by atoms with Gasteiger partial charge in [0.1, 0.15) is 0 Å². The van der Waals surface area contributed by atoms with Gasteiger partial charge in [-0.3, -0.25) is 0 Å². The highest BCUT2D eigenvalue weighted by atomic mass is 35.5. The smallest absolute Gasteiger partial charge is 0.328 e. The molecule has 0 aliphatic carbocycles. The number of benzene rings is 2. The molecule has 2 N–H and O–H groups in total. The summed E-state index contributed by atoms with van der Waals surface area (Å²) in [4.78, 5) is 28.9. The van der Waals surface area contributed by atoms with E-state index in [9.17, 15) is 9.59 Å². The molecule has 0 saturated carbocycles. The second-order valence-electron chi connectivity index (χ2n) is 8.98. The lowest BCUT2D eigenvalue weighted by Crippen LogP contribution is -2.45. The number of methoxy groups -OCH3 is 1. The van der Waals surface area contributed by atoms with Crippen molar-refractivity contribution in [1.82, 2.24) is 9.80 Å². The van der Waals surface area contributed by atoms with E-state index < -0.39 is 11.9 Å². The molecule has 40 heavy (non-hydrogen) atoms. The molecule has 1 saturated heterocycles. The quantitative estimate of drug-likeness (QED) is 0.148. The predicted molar refractivity (Wildman–Crippen MR) is 161 cm³/mol. The van der Waals surface area contributed by atoms with Crippen LogP contribution in [0.15, 0.2) is 65.7 Å². The summed E-state index contributed by atoms with van der Waals surface area (Å²) in [5.41, 5.74) is 1.01. The van der Waals surface area contributed by atoms with Gasteiger partial charge < -0.3 is 29.5 Å². The molecule has 2 aromatic carbocycles. The topological polar surface area (TPSA) is 112 Å². The third-order valence-electron chi connectivity index (χ3n) is 6.19. The summed E-state index contributed by atoms with van der Waals surface area (Å²) in [5, 5.41) is 17.4. The Morgan fingerprint density at radius 3 is 2.30 bits per heavy atom. The van der Waals surface area contributed by atoms with Gasteiger partial charge in [-0.1, -0.05) is 41.6 Å². The van der Waals surface area contributed by atoms with E-state index in [0.717, 1.165) is 49.1 Å². The number of aliphatic carboxylic acids is 2. The van der Waals surface area contributed by atoms with Crippen LogP contribution in [-0.2, 0) is 9.59 Å². The Morgan fingerprint density at radius 2 is 1.73 bits per heavy atom. The van der Waals surface area contributed by atoms with Gasteiger partial charge in [-0.05, 0) is 62.7 Å². The van der Waals surface area contributed by atoms with Gasteiger partial charge in [-0.2, -0.15) is 0 Å². The van der Waals surface area contributed by atoms with Crippen LogP contribution in [-0.4, -0.2) is 89.8 Å². The number of nitrogens with zero attached hydrogens (tertiary/aromatic N) is 3. The maximum absolute atomic E-state index is 9.55. The molecule has 0 amide bonds. The molecule has 218 valence electrons. The first-order valence-electron chi connectivity index (χ1n) is 13.0. The Labute approximate surface area is 245 Å². The van der Waals surface area contributed by atoms with E-state index in [-0.39, 0.29) is 0 Å². The van der Waals surface area contributed by atoms with Crippen molar-refractivity contribution in [3.05, 3.63) is 65.7 Å². The molecule has 1 aliphatic heterocycles. The summed E-state index contributed by atoms with van der Waals surface area (Å²) in [6, 6.07) is 16.2. The molecule has 3 rings (SSSR count). The molecule has 1 aliphatic rings.